The number of aromatic nitrogens is 3. The predicted octanol–water partition coefficient (Wildman–Crippen LogP) is 2.90. The number of ether oxygens (including phenoxy) is 2. The third kappa shape index (κ3) is 3.81. The normalized spacial score (nSPS) is 19.9. The van der Waals surface area contributed by atoms with Gasteiger partial charge in [-0.25, -0.2) is 9.78 Å². The smallest absolute Gasteiger partial charge is 0.410 e. The van der Waals surface area contributed by atoms with Crippen LogP contribution in [0, 0.1) is 6.92 Å². The van der Waals surface area contributed by atoms with Crippen molar-refractivity contribution < 1.29 is 19.1 Å². The Kier molecular flexibility index (Phi) is 6.02. The summed E-state index contributed by atoms with van der Waals surface area (Å²) in [5.74, 6) is 0.421. The van der Waals surface area contributed by atoms with Gasteiger partial charge in [-0.05, 0) is 26.2 Å². The molecule has 31 heavy (non-hydrogen) atoms. The number of likely N-dealkylation sites (tertiary alicyclic amines) is 1. The van der Waals surface area contributed by atoms with Crippen molar-refractivity contribution in [2.75, 3.05) is 26.8 Å². The van der Waals surface area contributed by atoms with Gasteiger partial charge in [-0.3, -0.25) is 14.4 Å². The summed E-state index contributed by atoms with van der Waals surface area (Å²) in [5, 5.41) is 5.17. The number of hydrogen-bond donors (Lipinski definition) is 0. The highest BCUT2D eigenvalue weighted by Gasteiger charge is 2.39. The second-order valence-electron chi connectivity index (χ2n) is 8.42. The molecule has 0 aromatic carbocycles. The summed E-state index contributed by atoms with van der Waals surface area (Å²) in [7, 11) is 3.39. The molecule has 1 unspecified atom stereocenters. The number of carbonyl (C=O) groups is 2. The van der Waals surface area contributed by atoms with Crippen LogP contribution in [0.25, 0.3) is 11.0 Å². The SMILES string of the molecule is CCCCC1COC(=O)N1C1CCN(C(=O)c2cnc3c(c(C)nn3C)c2OC)CC1. The van der Waals surface area contributed by atoms with Crippen molar-refractivity contribution >= 4 is 23.0 Å². The van der Waals surface area contributed by atoms with Crippen LogP contribution in [0.2, 0.25) is 0 Å². The van der Waals surface area contributed by atoms with E-state index in [9.17, 15) is 9.59 Å². The first kappa shape index (κ1) is 21.4. The molecule has 2 aromatic heterocycles. The Morgan fingerprint density at radius 2 is 2.06 bits per heavy atom. The Balaban J connectivity index is 1.49. The van der Waals surface area contributed by atoms with Crippen molar-refractivity contribution in [2.45, 2.75) is 58.0 Å². The summed E-state index contributed by atoms with van der Waals surface area (Å²) >= 11 is 0. The highest BCUT2D eigenvalue weighted by Crippen LogP contribution is 2.32. The number of pyridine rings is 1. The fraction of sp³-hybridized carbons (Fsp3) is 0.636. The van der Waals surface area contributed by atoms with Crippen LogP contribution >= 0.6 is 0 Å². The summed E-state index contributed by atoms with van der Waals surface area (Å²) in [4.78, 5) is 33.8. The molecule has 9 nitrogen and oxygen atoms in total. The molecule has 168 valence electrons. The van der Waals surface area contributed by atoms with Crippen LogP contribution in [0.3, 0.4) is 0 Å². The summed E-state index contributed by atoms with van der Waals surface area (Å²) in [6.45, 7) is 5.68. The van der Waals surface area contributed by atoms with Gasteiger partial charge in [-0.2, -0.15) is 5.10 Å². The molecule has 0 bridgehead atoms. The first-order valence-electron chi connectivity index (χ1n) is 11.1. The fourth-order valence-corrected chi connectivity index (χ4v) is 4.84. The van der Waals surface area contributed by atoms with E-state index in [1.54, 1.807) is 18.0 Å². The van der Waals surface area contributed by atoms with Gasteiger partial charge in [0, 0.05) is 32.4 Å². The number of rotatable bonds is 6. The summed E-state index contributed by atoms with van der Waals surface area (Å²) in [6.07, 6.45) is 6.00. The van der Waals surface area contributed by atoms with Crippen LogP contribution in [-0.4, -0.2) is 75.5 Å². The van der Waals surface area contributed by atoms with E-state index >= 15 is 0 Å². The van der Waals surface area contributed by atoms with Gasteiger partial charge in [0.1, 0.15) is 17.9 Å². The molecule has 9 heteroatoms. The van der Waals surface area contributed by atoms with Crippen LogP contribution in [0.4, 0.5) is 4.79 Å². The average molecular weight is 430 g/mol. The number of unbranched alkanes of at least 4 members (excludes halogenated alkanes) is 1. The minimum absolute atomic E-state index is 0.0977. The Morgan fingerprint density at radius 3 is 2.74 bits per heavy atom. The van der Waals surface area contributed by atoms with Crippen LogP contribution in [0.1, 0.15) is 55.1 Å². The van der Waals surface area contributed by atoms with Gasteiger partial charge in [-0.15, -0.1) is 0 Å². The molecule has 4 heterocycles. The molecule has 0 spiro atoms. The molecule has 1 atom stereocenters. The number of fused-ring (bicyclic) bond motifs is 1. The summed E-state index contributed by atoms with van der Waals surface area (Å²) in [5.41, 5.74) is 1.92. The molecule has 0 saturated carbocycles. The van der Waals surface area contributed by atoms with Crippen LogP contribution in [0.15, 0.2) is 6.20 Å². The monoisotopic (exact) mass is 429 g/mol. The summed E-state index contributed by atoms with van der Waals surface area (Å²) < 4.78 is 12.6. The van der Waals surface area contributed by atoms with E-state index in [0.29, 0.717) is 36.7 Å². The lowest BCUT2D eigenvalue weighted by Crippen LogP contribution is -2.49. The zero-order valence-electron chi connectivity index (χ0n) is 18.8. The second kappa shape index (κ2) is 8.72. The van der Waals surface area contributed by atoms with E-state index in [0.717, 1.165) is 43.2 Å². The van der Waals surface area contributed by atoms with E-state index < -0.39 is 0 Å². The number of carbonyl (C=O) groups excluding carboxylic acids is 2. The molecule has 0 N–H and O–H groups in total. The number of nitrogens with zero attached hydrogens (tertiary/aromatic N) is 5. The van der Waals surface area contributed by atoms with E-state index in [1.807, 2.05) is 23.8 Å². The highest BCUT2D eigenvalue weighted by atomic mass is 16.6. The molecule has 2 saturated heterocycles. The van der Waals surface area contributed by atoms with Gasteiger partial charge in [0.15, 0.2) is 5.65 Å². The quantitative estimate of drug-likeness (QED) is 0.701. The third-order valence-corrected chi connectivity index (χ3v) is 6.45. The lowest BCUT2D eigenvalue weighted by atomic mass is 9.99. The van der Waals surface area contributed by atoms with Crippen molar-refractivity contribution in [3.8, 4) is 5.75 Å². The number of amides is 2. The largest absolute Gasteiger partial charge is 0.495 e. The molecule has 2 amide bonds. The van der Waals surface area contributed by atoms with Crippen molar-refractivity contribution in [1.29, 1.82) is 0 Å². The zero-order valence-corrected chi connectivity index (χ0v) is 18.8. The van der Waals surface area contributed by atoms with Gasteiger partial charge < -0.3 is 14.4 Å². The Morgan fingerprint density at radius 1 is 1.32 bits per heavy atom. The van der Waals surface area contributed by atoms with Gasteiger partial charge in [0.2, 0.25) is 0 Å². The number of hydrogen-bond acceptors (Lipinski definition) is 6. The molecule has 2 aromatic rings. The maximum absolute atomic E-state index is 13.3. The highest BCUT2D eigenvalue weighted by molar-refractivity contribution is 6.02. The number of piperidine rings is 1. The summed E-state index contributed by atoms with van der Waals surface area (Å²) in [6, 6.07) is 0.268. The number of cyclic esters (lactones) is 1. The van der Waals surface area contributed by atoms with Crippen molar-refractivity contribution in [3.63, 3.8) is 0 Å². The van der Waals surface area contributed by atoms with E-state index in [4.69, 9.17) is 9.47 Å². The van der Waals surface area contributed by atoms with Gasteiger partial charge in [0.25, 0.3) is 5.91 Å². The molecule has 2 aliphatic rings. The first-order valence-corrected chi connectivity index (χ1v) is 11.1. The lowest BCUT2D eigenvalue weighted by molar-refractivity contribution is 0.0630. The van der Waals surface area contributed by atoms with Crippen LogP contribution in [-0.2, 0) is 11.8 Å². The predicted molar refractivity (Wildman–Crippen MR) is 115 cm³/mol. The molecule has 0 aliphatic carbocycles. The maximum atomic E-state index is 13.3. The van der Waals surface area contributed by atoms with Crippen molar-refractivity contribution in [1.82, 2.24) is 24.6 Å². The minimum atomic E-state index is -0.214. The maximum Gasteiger partial charge on any atom is 0.410 e. The number of methoxy groups -OCH3 is 1. The van der Waals surface area contributed by atoms with Crippen molar-refractivity contribution in [3.05, 3.63) is 17.5 Å². The Labute approximate surface area is 182 Å². The standard InChI is InChI=1S/C22H31N5O4/c1-5-6-7-16-13-31-22(29)27(16)15-8-10-26(11-9-15)21(28)17-12-23-20-18(19(17)30-4)14(2)24-25(20)3/h12,15-16H,5-11,13H2,1-4H3. The molecular weight excluding hydrogens is 398 g/mol. The van der Waals surface area contributed by atoms with E-state index in [1.165, 1.54) is 0 Å². The first-order chi connectivity index (χ1) is 15.0. The molecule has 4 rings (SSSR count). The topological polar surface area (TPSA) is 89.8 Å². The average Bonchev–Trinajstić information content (AvgIpc) is 3.29. The zero-order chi connectivity index (χ0) is 22.1. The minimum Gasteiger partial charge on any atom is -0.495 e. The Bertz CT molecular complexity index is 980. The fourth-order valence-electron chi connectivity index (χ4n) is 4.84. The van der Waals surface area contributed by atoms with Gasteiger partial charge >= 0.3 is 6.09 Å². The van der Waals surface area contributed by atoms with Crippen LogP contribution in [0.5, 0.6) is 5.75 Å². The molecule has 2 aliphatic heterocycles. The van der Waals surface area contributed by atoms with Crippen molar-refractivity contribution in [2.24, 2.45) is 7.05 Å². The number of aryl methyl sites for hydroxylation is 2. The molecule has 0 radical (unpaired) electrons. The molecule has 2 fully saturated rings. The Hall–Kier alpha value is -2.84. The second-order valence-corrected chi connectivity index (χ2v) is 8.42. The van der Waals surface area contributed by atoms with Gasteiger partial charge in [0.05, 0.1) is 24.2 Å². The molecular formula is C22H31N5O4. The van der Waals surface area contributed by atoms with E-state index in [2.05, 4.69) is 17.0 Å². The third-order valence-electron chi connectivity index (χ3n) is 6.45. The van der Waals surface area contributed by atoms with Crippen LogP contribution < -0.4 is 4.74 Å². The van der Waals surface area contributed by atoms with Gasteiger partial charge in [-0.1, -0.05) is 19.8 Å². The lowest BCUT2D eigenvalue weighted by Gasteiger charge is -2.38. The van der Waals surface area contributed by atoms with E-state index in [-0.39, 0.29) is 24.1 Å².